The predicted molar refractivity (Wildman–Crippen MR) is 112 cm³/mol. The van der Waals surface area contributed by atoms with Gasteiger partial charge in [-0.25, -0.2) is 0 Å². The Kier molecular flexibility index (Phi) is 6.02. The fraction of sp³-hybridized carbons (Fsp3) is 0.391. The highest BCUT2D eigenvalue weighted by Crippen LogP contribution is 2.28. The lowest BCUT2D eigenvalue weighted by Gasteiger charge is -2.18. The van der Waals surface area contributed by atoms with Crippen LogP contribution >= 0.6 is 0 Å². The summed E-state index contributed by atoms with van der Waals surface area (Å²) in [5, 5.41) is 2.94. The second kappa shape index (κ2) is 8.46. The van der Waals surface area contributed by atoms with Gasteiger partial charge in [0.15, 0.2) is 0 Å². The summed E-state index contributed by atoms with van der Waals surface area (Å²) in [7, 11) is 0. The van der Waals surface area contributed by atoms with Crippen LogP contribution in [-0.2, 0) is 9.59 Å². The van der Waals surface area contributed by atoms with Crippen LogP contribution < -0.4 is 15.0 Å². The average molecular weight is 380 g/mol. The summed E-state index contributed by atoms with van der Waals surface area (Å²) in [6.07, 6.45) is 0.321. The van der Waals surface area contributed by atoms with Crippen LogP contribution in [0.25, 0.3) is 0 Å². The van der Waals surface area contributed by atoms with Crippen molar-refractivity contribution in [1.82, 2.24) is 0 Å². The van der Waals surface area contributed by atoms with E-state index in [9.17, 15) is 9.59 Å². The number of carbonyl (C=O) groups excluding carboxylic acids is 2. The van der Waals surface area contributed by atoms with Crippen LogP contribution in [0.1, 0.15) is 45.6 Å². The molecule has 28 heavy (non-hydrogen) atoms. The molecule has 148 valence electrons. The first-order valence-corrected chi connectivity index (χ1v) is 9.81. The standard InChI is InChI=1S/C23H28N2O3/c1-15(2)17-5-7-19(8-6-17)24-23(27)18-13-22(26)25(14-18)20-9-11-21(12-10-20)28-16(3)4/h5-12,15-16,18H,13-14H2,1-4H3,(H,24,27). The van der Waals surface area contributed by atoms with Crippen molar-refractivity contribution in [1.29, 1.82) is 0 Å². The van der Waals surface area contributed by atoms with Gasteiger partial charge >= 0.3 is 0 Å². The van der Waals surface area contributed by atoms with E-state index < -0.39 is 0 Å². The van der Waals surface area contributed by atoms with Gasteiger partial charge in [0, 0.05) is 24.3 Å². The maximum atomic E-state index is 12.6. The smallest absolute Gasteiger partial charge is 0.229 e. The maximum Gasteiger partial charge on any atom is 0.229 e. The quantitative estimate of drug-likeness (QED) is 0.797. The molecule has 1 aliphatic rings. The molecule has 5 heteroatoms. The highest BCUT2D eigenvalue weighted by Gasteiger charge is 2.35. The number of benzene rings is 2. The van der Waals surface area contributed by atoms with Crippen molar-refractivity contribution in [2.24, 2.45) is 5.92 Å². The van der Waals surface area contributed by atoms with Crippen molar-refractivity contribution in [3.63, 3.8) is 0 Å². The van der Waals surface area contributed by atoms with Gasteiger partial charge in [0.2, 0.25) is 11.8 Å². The summed E-state index contributed by atoms with van der Waals surface area (Å²) in [6, 6.07) is 15.3. The zero-order valence-corrected chi connectivity index (χ0v) is 16.9. The molecule has 0 radical (unpaired) electrons. The highest BCUT2D eigenvalue weighted by molar-refractivity contribution is 6.03. The molecule has 1 fully saturated rings. The van der Waals surface area contributed by atoms with E-state index in [0.29, 0.717) is 12.5 Å². The summed E-state index contributed by atoms with van der Waals surface area (Å²) >= 11 is 0. The zero-order chi connectivity index (χ0) is 20.3. The Bertz CT molecular complexity index is 826. The molecular weight excluding hydrogens is 352 g/mol. The molecule has 0 bridgehead atoms. The van der Waals surface area contributed by atoms with Gasteiger partial charge in [-0.3, -0.25) is 9.59 Å². The summed E-state index contributed by atoms with van der Waals surface area (Å²) in [5.41, 5.74) is 2.78. The van der Waals surface area contributed by atoms with Crippen LogP contribution in [0.15, 0.2) is 48.5 Å². The molecular formula is C23H28N2O3. The maximum absolute atomic E-state index is 12.6. The third-order valence-corrected chi connectivity index (χ3v) is 4.86. The lowest BCUT2D eigenvalue weighted by Crippen LogP contribution is -2.28. The Labute approximate surface area is 166 Å². The number of nitrogens with zero attached hydrogens (tertiary/aromatic N) is 1. The Morgan fingerprint density at radius 2 is 1.68 bits per heavy atom. The third-order valence-electron chi connectivity index (χ3n) is 4.86. The molecule has 2 aromatic carbocycles. The van der Waals surface area contributed by atoms with Crippen molar-refractivity contribution < 1.29 is 14.3 Å². The third kappa shape index (κ3) is 4.71. The molecule has 3 rings (SSSR count). The molecule has 0 aromatic heterocycles. The number of anilines is 2. The minimum Gasteiger partial charge on any atom is -0.491 e. The Morgan fingerprint density at radius 3 is 2.25 bits per heavy atom. The molecule has 5 nitrogen and oxygen atoms in total. The molecule has 1 N–H and O–H groups in total. The fourth-order valence-electron chi connectivity index (χ4n) is 3.31. The van der Waals surface area contributed by atoms with E-state index in [2.05, 4.69) is 19.2 Å². The van der Waals surface area contributed by atoms with Crippen molar-refractivity contribution in [2.45, 2.75) is 46.1 Å². The number of ether oxygens (including phenoxy) is 1. The van der Waals surface area contributed by atoms with Crippen molar-refractivity contribution >= 4 is 23.2 Å². The molecule has 1 unspecified atom stereocenters. The topological polar surface area (TPSA) is 58.6 Å². The number of hydrogen-bond acceptors (Lipinski definition) is 3. The molecule has 1 atom stereocenters. The van der Waals surface area contributed by atoms with Crippen LogP contribution in [0.4, 0.5) is 11.4 Å². The summed E-state index contributed by atoms with van der Waals surface area (Å²) in [5.74, 6) is 0.706. The largest absolute Gasteiger partial charge is 0.491 e. The number of hydrogen-bond donors (Lipinski definition) is 1. The number of nitrogens with one attached hydrogen (secondary N) is 1. The van der Waals surface area contributed by atoms with Gasteiger partial charge in [0.25, 0.3) is 0 Å². The highest BCUT2D eigenvalue weighted by atomic mass is 16.5. The van der Waals surface area contributed by atoms with Crippen LogP contribution in [-0.4, -0.2) is 24.5 Å². The minimum atomic E-state index is -0.358. The van der Waals surface area contributed by atoms with E-state index in [-0.39, 0.29) is 30.3 Å². The van der Waals surface area contributed by atoms with Crippen molar-refractivity contribution in [2.75, 3.05) is 16.8 Å². The summed E-state index contributed by atoms with van der Waals surface area (Å²) in [4.78, 5) is 26.7. The summed E-state index contributed by atoms with van der Waals surface area (Å²) in [6.45, 7) is 8.59. The summed E-state index contributed by atoms with van der Waals surface area (Å²) < 4.78 is 5.64. The van der Waals surface area contributed by atoms with E-state index in [1.165, 1.54) is 5.56 Å². The first kappa shape index (κ1) is 19.9. The Morgan fingerprint density at radius 1 is 1.04 bits per heavy atom. The first-order valence-electron chi connectivity index (χ1n) is 9.81. The van der Waals surface area contributed by atoms with Crippen LogP contribution in [0, 0.1) is 5.92 Å². The van der Waals surface area contributed by atoms with Crippen LogP contribution in [0.2, 0.25) is 0 Å². The lowest BCUT2D eigenvalue weighted by atomic mass is 10.0. The molecule has 0 saturated carbocycles. The van der Waals surface area contributed by atoms with Gasteiger partial charge in [-0.2, -0.15) is 0 Å². The van der Waals surface area contributed by atoms with Crippen molar-refractivity contribution in [3.05, 3.63) is 54.1 Å². The van der Waals surface area contributed by atoms with E-state index in [1.807, 2.05) is 62.4 Å². The first-order chi connectivity index (χ1) is 13.3. The fourth-order valence-corrected chi connectivity index (χ4v) is 3.31. The molecule has 0 aliphatic carbocycles. The van der Waals surface area contributed by atoms with E-state index in [1.54, 1.807) is 4.90 Å². The number of carbonyl (C=O) groups is 2. The minimum absolute atomic E-state index is 0.0344. The second-order valence-electron chi connectivity index (χ2n) is 7.83. The number of amides is 2. The second-order valence-corrected chi connectivity index (χ2v) is 7.83. The van der Waals surface area contributed by atoms with E-state index in [0.717, 1.165) is 17.1 Å². The van der Waals surface area contributed by atoms with Gasteiger partial charge in [0.1, 0.15) is 5.75 Å². The van der Waals surface area contributed by atoms with E-state index >= 15 is 0 Å². The van der Waals surface area contributed by atoms with E-state index in [4.69, 9.17) is 4.74 Å². The molecule has 1 aliphatic heterocycles. The average Bonchev–Trinajstić information content (AvgIpc) is 3.04. The Balaban J connectivity index is 1.62. The molecule has 1 saturated heterocycles. The van der Waals surface area contributed by atoms with Gasteiger partial charge in [-0.05, 0) is 61.7 Å². The Hall–Kier alpha value is -2.82. The number of rotatable bonds is 6. The molecule has 2 amide bonds. The molecule has 0 spiro atoms. The zero-order valence-electron chi connectivity index (χ0n) is 16.9. The molecule has 2 aromatic rings. The van der Waals surface area contributed by atoms with Gasteiger partial charge < -0.3 is 15.0 Å². The monoisotopic (exact) mass is 380 g/mol. The van der Waals surface area contributed by atoms with Crippen LogP contribution in [0.3, 0.4) is 0 Å². The van der Waals surface area contributed by atoms with Gasteiger partial charge in [-0.15, -0.1) is 0 Å². The molecule has 1 heterocycles. The normalized spacial score (nSPS) is 16.7. The SMILES string of the molecule is CC(C)Oc1ccc(N2CC(C(=O)Nc3ccc(C(C)C)cc3)CC2=O)cc1. The predicted octanol–water partition coefficient (Wildman–Crippen LogP) is 4.59. The lowest BCUT2D eigenvalue weighted by molar-refractivity contribution is -0.122. The van der Waals surface area contributed by atoms with Gasteiger partial charge in [0.05, 0.1) is 12.0 Å². The van der Waals surface area contributed by atoms with Crippen LogP contribution in [0.5, 0.6) is 5.75 Å². The van der Waals surface area contributed by atoms with Crippen molar-refractivity contribution in [3.8, 4) is 5.75 Å². The van der Waals surface area contributed by atoms with Gasteiger partial charge in [-0.1, -0.05) is 26.0 Å².